The van der Waals surface area contributed by atoms with Gasteiger partial charge in [-0.25, -0.2) is 0 Å². The number of benzene rings is 1. The van der Waals surface area contributed by atoms with Gasteiger partial charge in [0, 0.05) is 11.9 Å². The molecule has 3 heteroatoms. The average molecular weight is 324 g/mol. The number of halogens is 1. The van der Waals surface area contributed by atoms with Crippen LogP contribution in [0.3, 0.4) is 0 Å². The van der Waals surface area contributed by atoms with Gasteiger partial charge in [-0.1, -0.05) is 39.7 Å². The fourth-order valence-corrected chi connectivity index (χ4v) is 3.25. The number of carbonyl (C=O) groups is 1. The molecule has 0 spiro atoms. The van der Waals surface area contributed by atoms with E-state index < -0.39 is 0 Å². The molecule has 0 saturated heterocycles. The lowest BCUT2D eigenvalue weighted by Gasteiger charge is -2.15. The van der Waals surface area contributed by atoms with Gasteiger partial charge in [0.25, 0.3) is 0 Å². The average Bonchev–Trinajstić information content (AvgIpc) is 3.12. The highest BCUT2D eigenvalue weighted by Crippen LogP contribution is 2.48. The lowest BCUT2D eigenvalue weighted by atomic mass is 10.0. The van der Waals surface area contributed by atoms with E-state index in [9.17, 15) is 4.79 Å². The summed E-state index contributed by atoms with van der Waals surface area (Å²) in [6.07, 6.45) is 4.17. The van der Waals surface area contributed by atoms with Gasteiger partial charge < -0.3 is 5.32 Å². The third-order valence-corrected chi connectivity index (χ3v) is 4.49. The topological polar surface area (TPSA) is 29.1 Å². The number of carbonyl (C=O) groups excluding carboxylic acids is 1. The Morgan fingerprint density at radius 2 is 2.11 bits per heavy atom. The van der Waals surface area contributed by atoms with Gasteiger partial charge in [0.05, 0.1) is 6.42 Å². The maximum atomic E-state index is 12.0. The first-order chi connectivity index (χ1) is 9.04. The molecular weight excluding hydrogens is 302 g/mol. The van der Waals surface area contributed by atoms with E-state index >= 15 is 0 Å². The number of hydrogen-bond acceptors (Lipinski definition) is 1. The number of rotatable bonds is 6. The first kappa shape index (κ1) is 14.6. The van der Waals surface area contributed by atoms with Crippen molar-refractivity contribution in [3.05, 3.63) is 34.9 Å². The number of amides is 1. The lowest BCUT2D eigenvalue weighted by Crippen LogP contribution is -2.31. The largest absolute Gasteiger partial charge is 0.355 e. The summed E-state index contributed by atoms with van der Waals surface area (Å²) in [4.78, 5) is 12.0. The molecule has 0 bridgehead atoms. The minimum atomic E-state index is 0.148. The molecule has 2 rings (SSSR count). The summed E-state index contributed by atoms with van der Waals surface area (Å²) in [5, 5.41) is 4.13. The van der Waals surface area contributed by atoms with Gasteiger partial charge in [-0.3, -0.25) is 4.79 Å². The standard InChI is InChI=1S/C16H22BrNO/c1-12-3-4-13(2)14(9-12)10-15(19)18-11-16(5-6-16)7-8-17/h3-4,9H,5-8,10-11H2,1-2H3,(H,18,19). The van der Waals surface area contributed by atoms with E-state index in [1.807, 2.05) is 0 Å². The van der Waals surface area contributed by atoms with Gasteiger partial charge in [-0.2, -0.15) is 0 Å². The molecule has 1 saturated carbocycles. The second-order valence-electron chi connectivity index (χ2n) is 5.82. The van der Waals surface area contributed by atoms with Crippen molar-refractivity contribution in [2.45, 2.75) is 39.5 Å². The molecule has 0 unspecified atom stereocenters. The second-order valence-corrected chi connectivity index (χ2v) is 6.62. The maximum absolute atomic E-state index is 12.0. The van der Waals surface area contributed by atoms with Crippen LogP contribution in [-0.4, -0.2) is 17.8 Å². The van der Waals surface area contributed by atoms with Gasteiger partial charge in [0.2, 0.25) is 5.91 Å². The molecule has 1 fully saturated rings. The fraction of sp³-hybridized carbons (Fsp3) is 0.562. The van der Waals surface area contributed by atoms with Crippen LogP contribution >= 0.6 is 15.9 Å². The van der Waals surface area contributed by atoms with Crippen LogP contribution in [0.4, 0.5) is 0 Å². The highest BCUT2D eigenvalue weighted by atomic mass is 79.9. The molecule has 1 N–H and O–H groups in total. The van der Waals surface area contributed by atoms with Crippen molar-refractivity contribution in [3.63, 3.8) is 0 Å². The number of hydrogen-bond donors (Lipinski definition) is 1. The van der Waals surface area contributed by atoms with Crippen molar-refractivity contribution >= 4 is 21.8 Å². The molecule has 2 nitrogen and oxygen atoms in total. The molecule has 0 radical (unpaired) electrons. The molecule has 19 heavy (non-hydrogen) atoms. The summed E-state index contributed by atoms with van der Waals surface area (Å²) in [6, 6.07) is 6.29. The number of aryl methyl sites for hydroxylation is 2. The molecule has 0 aromatic heterocycles. The Labute approximate surface area is 124 Å². The Morgan fingerprint density at radius 3 is 2.74 bits per heavy atom. The predicted octanol–water partition coefficient (Wildman–Crippen LogP) is 3.53. The van der Waals surface area contributed by atoms with Crippen molar-refractivity contribution in [1.82, 2.24) is 5.32 Å². The third-order valence-electron chi connectivity index (χ3n) is 4.10. The molecule has 1 aromatic rings. The fourth-order valence-electron chi connectivity index (χ4n) is 2.40. The van der Waals surface area contributed by atoms with Crippen molar-refractivity contribution < 1.29 is 4.79 Å². The van der Waals surface area contributed by atoms with E-state index in [0.717, 1.165) is 23.9 Å². The van der Waals surface area contributed by atoms with Gasteiger partial charge >= 0.3 is 0 Å². The Hall–Kier alpha value is -0.830. The van der Waals surface area contributed by atoms with Crippen LogP contribution in [0.2, 0.25) is 0 Å². The van der Waals surface area contributed by atoms with Crippen LogP contribution < -0.4 is 5.32 Å². The van der Waals surface area contributed by atoms with E-state index in [-0.39, 0.29) is 5.91 Å². The smallest absolute Gasteiger partial charge is 0.224 e. The third kappa shape index (κ3) is 4.07. The van der Waals surface area contributed by atoms with E-state index in [1.165, 1.54) is 24.0 Å². The first-order valence-corrected chi connectivity index (χ1v) is 8.06. The van der Waals surface area contributed by atoms with Crippen LogP contribution in [0, 0.1) is 19.3 Å². The Balaban J connectivity index is 1.86. The van der Waals surface area contributed by atoms with Crippen LogP contribution in [0.1, 0.15) is 36.0 Å². The van der Waals surface area contributed by atoms with Crippen molar-refractivity contribution in [3.8, 4) is 0 Å². The molecule has 0 aliphatic heterocycles. The quantitative estimate of drug-likeness (QED) is 0.797. The summed E-state index contributed by atoms with van der Waals surface area (Å²) < 4.78 is 0. The lowest BCUT2D eigenvalue weighted by molar-refractivity contribution is -0.120. The maximum Gasteiger partial charge on any atom is 0.224 e. The van der Waals surface area contributed by atoms with Crippen LogP contribution in [0.5, 0.6) is 0 Å². The minimum Gasteiger partial charge on any atom is -0.355 e. The highest BCUT2D eigenvalue weighted by Gasteiger charge is 2.41. The molecule has 104 valence electrons. The van der Waals surface area contributed by atoms with Gasteiger partial charge in [0.15, 0.2) is 0 Å². The second kappa shape index (κ2) is 6.08. The molecule has 0 atom stereocenters. The van der Waals surface area contributed by atoms with Crippen molar-refractivity contribution in [2.24, 2.45) is 5.41 Å². The Morgan fingerprint density at radius 1 is 1.37 bits per heavy atom. The van der Waals surface area contributed by atoms with E-state index in [1.54, 1.807) is 0 Å². The zero-order valence-electron chi connectivity index (χ0n) is 11.8. The van der Waals surface area contributed by atoms with E-state index in [4.69, 9.17) is 0 Å². The molecule has 1 aliphatic rings. The zero-order valence-corrected chi connectivity index (χ0v) is 13.3. The van der Waals surface area contributed by atoms with E-state index in [2.05, 4.69) is 53.3 Å². The normalized spacial score (nSPS) is 16.2. The molecule has 1 amide bonds. The molecule has 1 aromatic carbocycles. The van der Waals surface area contributed by atoms with Gasteiger partial charge in [-0.15, -0.1) is 0 Å². The predicted molar refractivity (Wildman–Crippen MR) is 82.7 cm³/mol. The number of alkyl halides is 1. The summed E-state index contributed by atoms with van der Waals surface area (Å²) in [7, 11) is 0. The highest BCUT2D eigenvalue weighted by molar-refractivity contribution is 9.09. The molecular formula is C16H22BrNO. The van der Waals surface area contributed by atoms with Gasteiger partial charge in [0.1, 0.15) is 0 Å². The van der Waals surface area contributed by atoms with Crippen LogP contribution in [-0.2, 0) is 11.2 Å². The SMILES string of the molecule is Cc1ccc(C)c(CC(=O)NCC2(CCBr)CC2)c1. The minimum absolute atomic E-state index is 0.148. The van der Waals surface area contributed by atoms with Crippen LogP contribution in [0.25, 0.3) is 0 Å². The zero-order chi connectivity index (χ0) is 13.9. The van der Waals surface area contributed by atoms with Crippen LogP contribution in [0.15, 0.2) is 18.2 Å². The van der Waals surface area contributed by atoms with Crippen molar-refractivity contribution in [2.75, 3.05) is 11.9 Å². The molecule has 0 heterocycles. The van der Waals surface area contributed by atoms with Gasteiger partial charge in [-0.05, 0) is 49.7 Å². The van der Waals surface area contributed by atoms with Crippen molar-refractivity contribution in [1.29, 1.82) is 0 Å². The summed E-state index contributed by atoms with van der Waals surface area (Å²) in [5.74, 6) is 0.148. The molecule has 1 aliphatic carbocycles. The number of nitrogens with one attached hydrogen (secondary N) is 1. The monoisotopic (exact) mass is 323 g/mol. The summed E-state index contributed by atoms with van der Waals surface area (Å²) in [5.41, 5.74) is 3.94. The summed E-state index contributed by atoms with van der Waals surface area (Å²) in [6.45, 7) is 4.97. The Kier molecular flexibility index (Phi) is 4.67. The van der Waals surface area contributed by atoms with E-state index in [0.29, 0.717) is 11.8 Å². The Bertz CT molecular complexity index is 466. The first-order valence-electron chi connectivity index (χ1n) is 6.93. The summed E-state index contributed by atoms with van der Waals surface area (Å²) >= 11 is 3.49.